The molecule has 0 fully saturated rings. The fourth-order valence-electron chi connectivity index (χ4n) is 1.60. The highest BCUT2D eigenvalue weighted by Crippen LogP contribution is 2.22. The minimum absolute atomic E-state index is 0.175. The molecule has 2 aromatic rings. The van der Waals surface area contributed by atoms with Gasteiger partial charge in [0.25, 0.3) is 0 Å². The van der Waals surface area contributed by atoms with Crippen molar-refractivity contribution in [3.63, 3.8) is 0 Å². The van der Waals surface area contributed by atoms with Gasteiger partial charge in [-0.1, -0.05) is 0 Å². The molecule has 1 unspecified atom stereocenters. The van der Waals surface area contributed by atoms with Crippen LogP contribution < -0.4 is 5.32 Å². The minimum atomic E-state index is -1.05. The zero-order valence-corrected chi connectivity index (χ0v) is 12.9. The number of rotatable bonds is 5. The van der Waals surface area contributed by atoms with Gasteiger partial charge in [0.05, 0.1) is 11.6 Å². The van der Waals surface area contributed by atoms with Crippen molar-refractivity contribution in [2.45, 2.75) is 19.4 Å². The van der Waals surface area contributed by atoms with E-state index in [2.05, 4.69) is 10.3 Å². The standard InChI is InChI=1S/C14H16N2O2S2/c1-10-15-7-12(20-10)3-4-13(17)16-9-14(2,18)11-5-6-19-8-11/h3-8,18H,9H2,1-2H3,(H,16,17). The van der Waals surface area contributed by atoms with Crippen LogP contribution in [0.3, 0.4) is 0 Å². The summed E-state index contributed by atoms with van der Waals surface area (Å²) in [5.41, 5.74) is -0.241. The second-order valence-corrected chi connectivity index (χ2v) is 6.67. The second kappa shape index (κ2) is 6.30. The maximum Gasteiger partial charge on any atom is 0.244 e. The van der Waals surface area contributed by atoms with Gasteiger partial charge in [0.15, 0.2) is 0 Å². The number of aliphatic hydroxyl groups is 1. The van der Waals surface area contributed by atoms with Crippen LogP contribution in [-0.4, -0.2) is 22.5 Å². The van der Waals surface area contributed by atoms with Crippen LogP contribution in [0.4, 0.5) is 0 Å². The average Bonchev–Trinajstić information content (AvgIpc) is 3.05. The summed E-state index contributed by atoms with van der Waals surface area (Å²) in [6.07, 6.45) is 4.90. The van der Waals surface area contributed by atoms with E-state index in [9.17, 15) is 9.90 Å². The molecule has 6 heteroatoms. The summed E-state index contributed by atoms with van der Waals surface area (Å²) in [5, 5.41) is 17.7. The molecule has 2 heterocycles. The molecule has 2 rings (SSSR count). The summed E-state index contributed by atoms with van der Waals surface area (Å²) in [6, 6.07) is 1.85. The Bertz CT molecular complexity index is 600. The van der Waals surface area contributed by atoms with E-state index >= 15 is 0 Å². The number of thiophene rings is 1. The SMILES string of the molecule is Cc1ncc(C=CC(=O)NCC(C)(O)c2ccsc2)s1. The Kier molecular flexibility index (Phi) is 4.69. The van der Waals surface area contributed by atoms with E-state index < -0.39 is 5.60 Å². The number of carbonyl (C=O) groups excluding carboxylic acids is 1. The smallest absolute Gasteiger partial charge is 0.244 e. The Morgan fingerprint density at radius 2 is 2.40 bits per heavy atom. The first-order valence-electron chi connectivity index (χ1n) is 6.11. The fourth-order valence-corrected chi connectivity index (χ4v) is 3.07. The maximum absolute atomic E-state index is 11.7. The first kappa shape index (κ1) is 14.9. The van der Waals surface area contributed by atoms with Crippen molar-refractivity contribution >= 4 is 34.7 Å². The number of amides is 1. The molecule has 0 saturated carbocycles. The number of aryl methyl sites for hydroxylation is 1. The molecule has 1 amide bonds. The summed E-state index contributed by atoms with van der Waals surface area (Å²) in [7, 11) is 0. The normalized spacial score (nSPS) is 14.3. The van der Waals surface area contributed by atoms with E-state index in [1.54, 1.807) is 19.2 Å². The van der Waals surface area contributed by atoms with E-state index in [-0.39, 0.29) is 12.5 Å². The van der Waals surface area contributed by atoms with E-state index in [4.69, 9.17) is 0 Å². The predicted molar refractivity (Wildman–Crippen MR) is 82.8 cm³/mol. The third-order valence-corrected chi connectivity index (χ3v) is 4.35. The topological polar surface area (TPSA) is 62.2 Å². The van der Waals surface area contributed by atoms with Crippen LogP contribution in [0.15, 0.2) is 29.1 Å². The molecule has 106 valence electrons. The van der Waals surface area contributed by atoms with Gasteiger partial charge in [0, 0.05) is 17.2 Å². The van der Waals surface area contributed by atoms with Crippen LogP contribution in [-0.2, 0) is 10.4 Å². The number of carbonyl (C=O) groups is 1. The highest BCUT2D eigenvalue weighted by Gasteiger charge is 2.23. The fraction of sp³-hybridized carbons (Fsp3) is 0.286. The molecule has 0 spiro atoms. The van der Waals surface area contributed by atoms with Crippen molar-refractivity contribution in [1.82, 2.24) is 10.3 Å². The molecule has 2 N–H and O–H groups in total. The third kappa shape index (κ3) is 4.00. The molecular weight excluding hydrogens is 292 g/mol. The largest absolute Gasteiger partial charge is 0.384 e. The number of hydrogen-bond donors (Lipinski definition) is 2. The third-order valence-electron chi connectivity index (χ3n) is 2.79. The van der Waals surface area contributed by atoms with Crippen molar-refractivity contribution < 1.29 is 9.90 Å². The van der Waals surface area contributed by atoms with E-state index in [0.29, 0.717) is 0 Å². The first-order valence-corrected chi connectivity index (χ1v) is 7.87. The number of aromatic nitrogens is 1. The molecule has 1 atom stereocenters. The number of nitrogens with zero attached hydrogens (tertiary/aromatic N) is 1. The molecule has 0 bridgehead atoms. The summed E-state index contributed by atoms with van der Waals surface area (Å²) < 4.78 is 0. The monoisotopic (exact) mass is 308 g/mol. The Balaban J connectivity index is 1.88. The lowest BCUT2D eigenvalue weighted by Crippen LogP contribution is -2.37. The van der Waals surface area contributed by atoms with Crippen LogP contribution in [0.1, 0.15) is 22.4 Å². The van der Waals surface area contributed by atoms with Gasteiger partial charge in [-0.05, 0) is 42.3 Å². The molecule has 2 aromatic heterocycles. The summed E-state index contributed by atoms with van der Waals surface area (Å²) in [6.45, 7) is 3.78. The Labute approximate surface area is 125 Å². The molecule has 0 aromatic carbocycles. The quantitative estimate of drug-likeness (QED) is 0.835. The van der Waals surface area contributed by atoms with Gasteiger partial charge in [0.1, 0.15) is 5.60 Å². The highest BCUT2D eigenvalue weighted by atomic mass is 32.1. The first-order chi connectivity index (χ1) is 9.47. The summed E-state index contributed by atoms with van der Waals surface area (Å²) in [4.78, 5) is 16.8. The zero-order valence-electron chi connectivity index (χ0n) is 11.3. The van der Waals surface area contributed by atoms with Crippen LogP contribution in [0.2, 0.25) is 0 Å². The van der Waals surface area contributed by atoms with Crippen molar-refractivity contribution in [1.29, 1.82) is 0 Å². The average molecular weight is 308 g/mol. The molecule has 0 aliphatic rings. The van der Waals surface area contributed by atoms with Gasteiger partial charge in [0.2, 0.25) is 5.91 Å². The van der Waals surface area contributed by atoms with Crippen LogP contribution in [0.25, 0.3) is 6.08 Å². The van der Waals surface area contributed by atoms with Gasteiger partial charge in [-0.3, -0.25) is 4.79 Å². The van der Waals surface area contributed by atoms with Crippen LogP contribution >= 0.6 is 22.7 Å². The molecule has 0 aliphatic heterocycles. The van der Waals surface area contributed by atoms with Gasteiger partial charge in [-0.15, -0.1) is 11.3 Å². The number of hydrogen-bond acceptors (Lipinski definition) is 5. The molecule has 20 heavy (non-hydrogen) atoms. The minimum Gasteiger partial charge on any atom is -0.384 e. The molecule has 0 radical (unpaired) electrons. The molecule has 0 aliphatic carbocycles. The van der Waals surface area contributed by atoms with E-state index in [0.717, 1.165) is 15.4 Å². The highest BCUT2D eigenvalue weighted by molar-refractivity contribution is 7.12. The van der Waals surface area contributed by atoms with Gasteiger partial charge in [-0.25, -0.2) is 4.98 Å². The Morgan fingerprint density at radius 3 is 3.00 bits per heavy atom. The Hall–Kier alpha value is -1.50. The van der Waals surface area contributed by atoms with Crippen molar-refractivity contribution in [3.05, 3.63) is 44.5 Å². The lowest BCUT2D eigenvalue weighted by molar-refractivity contribution is -0.117. The Morgan fingerprint density at radius 1 is 1.60 bits per heavy atom. The van der Waals surface area contributed by atoms with Crippen molar-refractivity contribution in [3.8, 4) is 0 Å². The van der Waals surface area contributed by atoms with Gasteiger partial charge >= 0.3 is 0 Å². The summed E-state index contributed by atoms with van der Waals surface area (Å²) in [5.74, 6) is -0.230. The number of nitrogens with one attached hydrogen (secondary N) is 1. The van der Waals surface area contributed by atoms with E-state index in [1.165, 1.54) is 28.7 Å². The van der Waals surface area contributed by atoms with Crippen LogP contribution in [0.5, 0.6) is 0 Å². The van der Waals surface area contributed by atoms with Gasteiger partial charge in [-0.2, -0.15) is 11.3 Å². The molecule has 0 saturated heterocycles. The zero-order chi connectivity index (χ0) is 14.6. The van der Waals surface area contributed by atoms with E-state index in [1.807, 2.05) is 23.8 Å². The van der Waals surface area contributed by atoms with Crippen LogP contribution in [0, 0.1) is 6.92 Å². The summed E-state index contributed by atoms with van der Waals surface area (Å²) >= 11 is 3.04. The lowest BCUT2D eigenvalue weighted by atomic mass is 9.99. The van der Waals surface area contributed by atoms with Crippen molar-refractivity contribution in [2.75, 3.05) is 6.54 Å². The lowest BCUT2D eigenvalue weighted by Gasteiger charge is -2.22. The van der Waals surface area contributed by atoms with Gasteiger partial charge < -0.3 is 10.4 Å². The van der Waals surface area contributed by atoms with Crippen molar-refractivity contribution in [2.24, 2.45) is 0 Å². The molecule has 4 nitrogen and oxygen atoms in total. The predicted octanol–water partition coefficient (Wildman–Crippen LogP) is 2.55. The second-order valence-electron chi connectivity index (χ2n) is 4.62. The number of thiazole rings is 1. The molecular formula is C14H16N2O2S2. The maximum atomic E-state index is 11.7.